The van der Waals surface area contributed by atoms with Crippen LogP contribution in [0.5, 0.6) is 5.75 Å². The van der Waals surface area contributed by atoms with E-state index in [0.29, 0.717) is 26.3 Å². The van der Waals surface area contributed by atoms with Crippen molar-refractivity contribution in [1.82, 2.24) is 0 Å². The van der Waals surface area contributed by atoms with Crippen LogP contribution in [0.4, 0.5) is 11.4 Å². The maximum Gasteiger partial charge on any atom is 0.265 e. The van der Waals surface area contributed by atoms with Crippen molar-refractivity contribution in [2.24, 2.45) is 0 Å². The first-order valence-corrected chi connectivity index (χ1v) is 7.40. The highest BCUT2D eigenvalue weighted by Crippen LogP contribution is 2.32. The maximum absolute atomic E-state index is 12.0. The molecular weight excluding hydrogens is 312 g/mol. The van der Waals surface area contributed by atoms with Crippen molar-refractivity contribution >= 4 is 46.1 Å². The lowest BCUT2D eigenvalue weighted by Crippen LogP contribution is -2.34. The fourth-order valence-corrected chi connectivity index (χ4v) is 2.85. The Hall–Kier alpha value is -2.05. The number of halogens is 1. The van der Waals surface area contributed by atoms with Gasteiger partial charge >= 0.3 is 0 Å². The van der Waals surface area contributed by atoms with E-state index in [2.05, 4.69) is 10.6 Å². The van der Waals surface area contributed by atoms with E-state index in [1.165, 1.54) is 11.3 Å². The summed E-state index contributed by atoms with van der Waals surface area (Å²) in [6.45, 7) is 1.68. The number of fused-ring (bicyclic) bond motifs is 1. The minimum absolute atomic E-state index is 0.212. The number of anilines is 2. The number of nitrogens with one attached hydrogen (secondary N) is 2. The van der Waals surface area contributed by atoms with E-state index < -0.39 is 6.10 Å². The molecule has 0 fully saturated rings. The van der Waals surface area contributed by atoms with E-state index in [1.807, 2.05) is 0 Å². The van der Waals surface area contributed by atoms with E-state index in [1.54, 1.807) is 37.3 Å². The van der Waals surface area contributed by atoms with Crippen LogP contribution in [-0.2, 0) is 4.79 Å². The van der Waals surface area contributed by atoms with Crippen LogP contribution in [0.25, 0.3) is 0 Å². The minimum Gasteiger partial charge on any atom is -0.479 e. The molecule has 5 nitrogen and oxygen atoms in total. The lowest BCUT2D eigenvalue weighted by atomic mass is 10.2. The Morgan fingerprint density at radius 1 is 1.38 bits per heavy atom. The number of carbonyl (C=O) groups is 2. The van der Waals surface area contributed by atoms with Crippen molar-refractivity contribution in [3.05, 3.63) is 39.5 Å². The molecule has 0 bridgehead atoms. The summed E-state index contributed by atoms with van der Waals surface area (Å²) in [4.78, 5) is 24.1. The van der Waals surface area contributed by atoms with Crippen LogP contribution < -0.4 is 15.4 Å². The fourth-order valence-electron chi connectivity index (χ4n) is 1.92. The standard InChI is InChI=1S/C14H11ClN2O3S/c1-7-13(18)17-9-6-8(2-3-10(9)20-7)16-14(19)11-4-5-12(15)21-11/h2-7H,1H3,(H,16,19)(H,17,18). The minimum atomic E-state index is -0.522. The van der Waals surface area contributed by atoms with E-state index >= 15 is 0 Å². The normalized spacial score (nSPS) is 16.7. The lowest BCUT2D eigenvalue weighted by molar-refractivity contribution is -0.122. The molecule has 1 aromatic heterocycles. The van der Waals surface area contributed by atoms with Gasteiger partial charge in [-0.2, -0.15) is 0 Å². The second kappa shape index (κ2) is 5.38. The molecule has 2 N–H and O–H groups in total. The van der Waals surface area contributed by atoms with Gasteiger partial charge in [0.2, 0.25) is 0 Å². The van der Waals surface area contributed by atoms with Crippen LogP contribution in [0.2, 0.25) is 4.34 Å². The van der Waals surface area contributed by atoms with Crippen molar-refractivity contribution in [3.63, 3.8) is 0 Å². The average molecular weight is 323 g/mol. The SMILES string of the molecule is CC1Oc2ccc(NC(=O)c3ccc(Cl)s3)cc2NC1=O. The number of ether oxygens (including phenoxy) is 1. The van der Waals surface area contributed by atoms with Crippen LogP contribution in [0.15, 0.2) is 30.3 Å². The van der Waals surface area contributed by atoms with Gasteiger partial charge in [0, 0.05) is 5.69 Å². The number of carbonyl (C=O) groups excluding carboxylic acids is 2. The predicted molar refractivity (Wildman–Crippen MR) is 82.4 cm³/mol. The lowest BCUT2D eigenvalue weighted by Gasteiger charge is -2.23. The Morgan fingerprint density at radius 3 is 2.90 bits per heavy atom. The first-order valence-electron chi connectivity index (χ1n) is 6.21. The average Bonchev–Trinajstić information content (AvgIpc) is 2.87. The predicted octanol–water partition coefficient (Wildman–Crippen LogP) is 3.37. The van der Waals surface area contributed by atoms with Crippen molar-refractivity contribution in [3.8, 4) is 5.75 Å². The highest BCUT2D eigenvalue weighted by molar-refractivity contribution is 7.18. The molecule has 0 saturated carbocycles. The summed E-state index contributed by atoms with van der Waals surface area (Å²) in [5.41, 5.74) is 1.11. The second-order valence-corrected chi connectivity index (χ2v) is 6.23. The fraction of sp³-hybridized carbons (Fsp3) is 0.143. The Balaban J connectivity index is 1.80. The van der Waals surface area contributed by atoms with Gasteiger partial charge in [-0.05, 0) is 37.3 Å². The summed E-state index contributed by atoms with van der Waals surface area (Å²) < 4.78 is 6.01. The first-order chi connectivity index (χ1) is 10.0. The van der Waals surface area contributed by atoms with Gasteiger partial charge in [-0.1, -0.05) is 11.6 Å². The Labute approximate surface area is 129 Å². The largest absolute Gasteiger partial charge is 0.479 e. The monoisotopic (exact) mass is 322 g/mol. The summed E-state index contributed by atoms with van der Waals surface area (Å²) in [5.74, 6) is 0.124. The molecule has 7 heteroatoms. The molecular formula is C14H11ClN2O3S. The first kappa shape index (κ1) is 13.9. The van der Waals surface area contributed by atoms with Crippen LogP contribution in [0, 0.1) is 0 Å². The van der Waals surface area contributed by atoms with Gasteiger partial charge in [0.05, 0.1) is 14.9 Å². The molecule has 1 aliphatic heterocycles. The van der Waals surface area contributed by atoms with E-state index in [-0.39, 0.29) is 11.8 Å². The molecule has 2 aromatic rings. The van der Waals surface area contributed by atoms with Gasteiger partial charge in [-0.3, -0.25) is 9.59 Å². The summed E-state index contributed by atoms with van der Waals surface area (Å²) >= 11 is 7.01. The Bertz CT molecular complexity index is 729. The molecule has 108 valence electrons. The summed E-state index contributed by atoms with van der Waals surface area (Å²) in [5, 5.41) is 5.49. The highest BCUT2D eigenvalue weighted by Gasteiger charge is 2.23. The number of hydrogen-bond donors (Lipinski definition) is 2. The van der Waals surface area contributed by atoms with Crippen LogP contribution in [0.1, 0.15) is 16.6 Å². The number of rotatable bonds is 2. The van der Waals surface area contributed by atoms with E-state index in [4.69, 9.17) is 16.3 Å². The van der Waals surface area contributed by atoms with Gasteiger partial charge in [0.1, 0.15) is 5.75 Å². The van der Waals surface area contributed by atoms with E-state index in [9.17, 15) is 9.59 Å². The molecule has 1 unspecified atom stereocenters. The van der Waals surface area contributed by atoms with Crippen LogP contribution >= 0.6 is 22.9 Å². The zero-order valence-electron chi connectivity index (χ0n) is 11.0. The van der Waals surface area contributed by atoms with Gasteiger partial charge in [-0.25, -0.2) is 0 Å². The molecule has 1 aliphatic rings. The van der Waals surface area contributed by atoms with Crippen molar-refractivity contribution in [2.75, 3.05) is 10.6 Å². The molecule has 0 radical (unpaired) electrons. The summed E-state index contributed by atoms with van der Waals surface area (Å²) in [6.07, 6.45) is -0.522. The summed E-state index contributed by atoms with van der Waals surface area (Å²) in [7, 11) is 0. The third-order valence-corrected chi connectivity index (χ3v) is 4.20. The summed E-state index contributed by atoms with van der Waals surface area (Å²) in [6, 6.07) is 8.42. The van der Waals surface area contributed by atoms with Crippen LogP contribution in [0.3, 0.4) is 0 Å². The number of hydrogen-bond acceptors (Lipinski definition) is 4. The Morgan fingerprint density at radius 2 is 2.19 bits per heavy atom. The van der Waals surface area contributed by atoms with Crippen molar-refractivity contribution in [2.45, 2.75) is 13.0 Å². The van der Waals surface area contributed by atoms with Crippen molar-refractivity contribution in [1.29, 1.82) is 0 Å². The molecule has 2 amide bonds. The third kappa shape index (κ3) is 2.86. The van der Waals surface area contributed by atoms with Gasteiger partial charge in [-0.15, -0.1) is 11.3 Å². The molecule has 3 rings (SSSR count). The van der Waals surface area contributed by atoms with Crippen LogP contribution in [-0.4, -0.2) is 17.9 Å². The van der Waals surface area contributed by atoms with Gasteiger partial charge in [0.25, 0.3) is 11.8 Å². The number of thiophene rings is 1. The third-order valence-electron chi connectivity index (χ3n) is 2.97. The zero-order chi connectivity index (χ0) is 15.0. The quantitative estimate of drug-likeness (QED) is 0.890. The Kier molecular flexibility index (Phi) is 3.57. The second-order valence-electron chi connectivity index (χ2n) is 4.52. The molecule has 0 aliphatic carbocycles. The smallest absolute Gasteiger partial charge is 0.265 e. The number of amides is 2. The topological polar surface area (TPSA) is 67.4 Å². The van der Waals surface area contributed by atoms with Crippen molar-refractivity contribution < 1.29 is 14.3 Å². The van der Waals surface area contributed by atoms with Gasteiger partial charge in [0.15, 0.2) is 6.10 Å². The molecule has 1 atom stereocenters. The molecule has 2 heterocycles. The highest BCUT2D eigenvalue weighted by atomic mass is 35.5. The van der Waals surface area contributed by atoms with E-state index in [0.717, 1.165) is 0 Å². The molecule has 0 saturated heterocycles. The molecule has 21 heavy (non-hydrogen) atoms. The molecule has 1 aromatic carbocycles. The maximum atomic E-state index is 12.0. The van der Waals surface area contributed by atoms with Gasteiger partial charge < -0.3 is 15.4 Å². The number of benzene rings is 1. The zero-order valence-corrected chi connectivity index (χ0v) is 12.5. The molecule has 0 spiro atoms.